The van der Waals surface area contributed by atoms with E-state index in [1.54, 1.807) is 0 Å². The Morgan fingerprint density at radius 3 is 2.70 bits per heavy atom. The van der Waals surface area contributed by atoms with Crippen molar-refractivity contribution in [2.45, 2.75) is 25.3 Å². The van der Waals surface area contributed by atoms with Gasteiger partial charge in [-0.15, -0.1) is 12.4 Å². The van der Waals surface area contributed by atoms with E-state index in [-0.39, 0.29) is 17.9 Å². The van der Waals surface area contributed by atoms with Crippen LogP contribution in [0, 0.1) is 0 Å². The summed E-state index contributed by atoms with van der Waals surface area (Å²) in [7, 11) is 0. The normalized spacial score (nSPS) is 27.0. The van der Waals surface area contributed by atoms with Gasteiger partial charge in [-0.2, -0.15) is 4.98 Å². The lowest BCUT2D eigenvalue weighted by Gasteiger charge is -2.36. The molecule has 1 N–H and O–H groups in total. The third-order valence-electron chi connectivity index (χ3n) is 5.06. The van der Waals surface area contributed by atoms with Gasteiger partial charge in [0.1, 0.15) is 11.0 Å². The van der Waals surface area contributed by atoms with Crippen LogP contribution in [0.2, 0.25) is 5.15 Å². The van der Waals surface area contributed by atoms with Crippen molar-refractivity contribution in [3.8, 4) is 0 Å². The molecule has 2 fully saturated rings. The molecule has 1 aromatic rings. The molecule has 0 radical (unpaired) electrons. The van der Waals surface area contributed by atoms with Gasteiger partial charge < -0.3 is 19.9 Å². The van der Waals surface area contributed by atoms with Crippen LogP contribution in [0.15, 0.2) is 0 Å². The minimum atomic E-state index is 0. The van der Waals surface area contributed by atoms with Gasteiger partial charge in [0.2, 0.25) is 5.95 Å². The maximum Gasteiger partial charge on any atom is 0.228 e. The summed E-state index contributed by atoms with van der Waals surface area (Å²) in [5.41, 5.74) is 1.23. The van der Waals surface area contributed by atoms with Gasteiger partial charge in [-0.1, -0.05) is 11.6 Å². The van der Waals surface area contributed by atoms with Crippen LogP contribution < -0.4 is 15.1 Å². The zero-order valence-electron chi connectivity index (χ0n) is 13.3. The van der Waals surface area contributed by atoms with Gasteiger partial charge in [-0.05, 0) is 26.3 Å². The molecule has 2 saturated heterocycles. The first-order valence-electron chi connectivity index (χ1n) is 8.05. The summed E-state index contributed by atoms with van der Waals surface area (Å²) in [5, 5.41) is 4.08. The SMILES string of the molecule is C[C@]1(N2CCc3c(Cl)nc(N4CCOCC4)nc32)CCNC1.Cl. The fraction of sp³-hybridized carbons (Fsp3) is 0.733. The lowest BCUT2D eigenvalue weighted by atomic mass is 9.99. The molecule has 0 unspecified atom stereocenters. The van der Waals surface area contributed by atoms with Gasteiger partial charge in [0.25, 0.3) is 0 Å². The molecular formula is C15H23Cl2N5O. The number of ether oxygens (including phenoxy) is 1. The number of hydrogen-bond donors (Lipinski definition) is 1. The highest BCUT2D eigenvalue weighted by molar-refractivity contribution is 6.30. The van der Waals surface area contributed by atoms with Gasteiger partial charge in [0.15, 0.2) is 0 Å². The molecule has 0 bridgehead atoms. The number of nitrogens with zero attached hydrogens (tertiary/aromatic N) is 4. The minimum absolute atomic E-state index is 0. The molecule has 0 amide bonds. The maximum absolute atomic E-state index is 6.46. The van der Waals surface area contributed by atoms with Crippen molar-refractivity contribution in [2.24, 2.45) is 0 Å². The van der Waals surface area contributed by atoms with Gasteiger partial charge in [-0.25, -0.2) is 4.98 Å². The third-order valence-corrected chi connectivity index (χ3v) is 5.37. The first-order valence-corrected chi connectivity index (χ1v) is 8.43. The number of morpholine rings is 1. The average Bonchev–Trinajstić information content (AvgIpc) is 3.15. The van der Waals surface area contributed by atoms with Gasteiger partial charge in [-0.3, -0.25) is 0 Å². The van der Waals surface area contributed by atoms with Crippen LogP contribution in [0.4, 0.5) is 11.8 Å². The van der Waals surface area contributed by atoms with E-state index in [0.717, 1.165) is 76.1 Å². The molecule has 8 heteroatoms. The average molecular weight is 360 g/mol. The van der Waals surface area contributed by atoms with Crippen LogP contribution in [-0.2, 0) is 11.2 Å². The number of hydrogen-bond acceptors (Lipinski definition) is 6. The summed E-state index contributed by atoms with van der Waals surface area (Å²) in [5.74, 6) is 1.78. The number of nitrogens with one attached hydrogen (secondary N) is 1. The van der Waals surface area contributed by atoms with Crippen LogP contribution >= 0.6 is 24.0 Å². The number of fused-ring (bicyclic) bond motifs is 1. The van der Waals surface area contributed by atoms with Crippen molar-refractivity contribution in [2.75, 3.05) is 55.7 Å². The molecule has 0 saturated carbocycles. The van der Waals surface area contributed by atoms with Crippen molar-refractivity contribution in [3.63, 3.8) is 0 Å². The Labute approximate surface area is 148 Å². The standard InChI is InChI=1S/C15H22ClN5O.ClH/c1-15(3-4-17-10-15)21-5-2-11-12(16)18-14(19-13(11)21)20-6-8-22-9-7-20;/h17H,2-10H2,1H3;1H/t15-;/m0./s1. The summed E-state index contributed by atoms with van der Waals surface area (Å²) in [6.45, 7) is 8.47. The molecule has 6 nitrogen and oxygen atoms in total. The Kier molecular flexibility index (Phi) is 4.88. The summed E-state index contributed by atoms with van der Waals surface area (Å²) >= 11 is 6.46. The molecule has 3 aliphatic heterocycles. The molecule has 0 spiro atoms. The van der Waals surface area contributed by atoms with Crippen LogP contribution in [0.5, 0.6) is 0 Å². The highest BCUT2D eigenvalue weighted by Crippen LogP contribution is 2.38. The van der Waals surface area contributed by atoms with E-state index in [0.29, 0.717) is 5.15 Å². The van der Waals surface area contributed by atoms with E-state index in [9.17, 15) is 0 Å². The van der Waals surface area contributed by atoms with Crippen molar-refractivity contribution < 1.29 is 4.74 Å². The molecule has 23 heavy (non-hydrogen) atoms. The van der Waals surface area contributed by atoms with Gasteiger partial charge >= 0.3 is 0 Å². The van der Waals surface area contributed by atoms with Crippen LogP contribution in [0.25, 0.3) is 0 Å². The highest BCUT2D eigenvalue weighted by Gasteiger charge is 2.40. The molecular weight excluding hydrogens is 337 g/mol. The smallest absolute Gasteiger partial charge is 0.228 e. The van der Waals surface area contributed by atoms with E-state index >= 15 is 0 Å². The third kappa shape index (κ3) is 2.97. The van der Waals surface area contributed by atoms with Crippen LogP contribution in [-0.4, -0.2) is 61.4 Å². The van der Waals surface area contributed by atoms with Crippen LogP contribution in [0.3, 0.4) is 0 Å². The quantitative estimate of drug-likeness (QED) is 0.807. The van der Waals surface area contributed by atoms with Crippen molar-refractivity contribution in [1.82, 2.24) is 15.3 Å². The summed E-state index contributed by atoms with van der Waals surface area (Å²) in [4.78, 5) is 14.0. The number of anilines is 2. The summed E-state index contributed by atoms with van der Waals surface area (Å²) < 4.78 is 5.41. The number of halogens is 2. The molecule has 4 heterocycles. The highest BCUT2D eigenvalue weighted by atomic mass is 35.5. The summed E-state index contributed by atoms with van der Waals surface area (Å²) in [6, 6.07) is 0. The first kappa shape index (κ1) is 17.0. The number of aromatic nitrogens is 2. The van der Waals surface area contributed by atoms with Gasteiger partial charge in [0.05, 0.1) is 18.8 Å². The fourth-order valence-corrected chi connectivity index (χ4v) is 3.92. The Morgan fingerprint density at radius 1 is 1.22 bits per heavy atom. The zero-order chi connectivity index (χ0) is 15.2. The molecule has 4 rings (SSSR count). The van der Waals surface area contributed by atoms with Crippen LogP contribution in [0.1, 0.15) is 18.9 Å². The van der Waals surface area contributed by atoms with E-state index < -0.39 is 0 Å². The van der Waals surface area contributed by atoms with E-state index in [4.69, 9.17) is 21.3 Å². The first-order chi connectivity index (χ1) is 10.7. The Bertz CT molecular complexity index is 573. The lowest BCUT2D eigenvalue weighted by Crippen LogP contribution is -2.47. The molecule has 0 aromatic carbocycles. The van der Waals surface area contributed by atoms with Gasteiger partial charge in [0, 0.05) is 31.7 Å². The summed E-state index contributed by atoms with van der Waals surface area (Å²) in [6.07, 6.45) is 2.08. The zero-order valence-corrected chi connectivity index (χ0v) is 14.9. The maximum atomic E-state index is 6.46. The molecule has 3 aliphatic rings. The van der Waals surface area contributed by atoms with E-state index in [1.807, 2.05) is 0 Å². The monoisotopic (exact) mass is 359 g/mol. The van der Waals surface area contributed by atoms with Crippen molar-refractivity contribution in [1.29, 1.82) is 0 Å². The second-order valence-electron chi connectivity index (χ2n) is 6.54. The van der Waals surface area contributed by atoms with Crippen molar-refractivity contribution >= 4 is 35.8 Å². The van der Waals surface area contributed by atoms with E-state index in [1.165, 1.54) is 0 Å². The predicted molar refractivity (Wildman–Crippen MR) is 94.3 cm³/mol. The molecule has 128 valence electrons. The Balaban J connectivity index is 0.00000156. The predicted octanol–water partition coefficient (Wildman–Crippen LogP) is 1.50. The number of rotatable bonds is 2. The fourth-order valence-electron chi connectivity index (χ4n) is 3.67. The topological polar surface area (TPSA) is 53.5 Å². The Hall–Kier alpha value is -0.820. The van der Waals surface area contributed by atoms with Crippen molar-refractivity contribution in [3.05, 3.63) is 10.7 Å². The molecule has 0 aliphatic carbocycles. The molecule has 1 atom stereocenters. The largest absolute Gasteiger partial charge is 0.378 e. The lowest BCUT2D eigenvalue weighted by molar-refractivity contribution is 0.122. The second kappa shape index (κ2) is 6.59. The second-order valence-corrected chi connectivity index (χ2v) is 6.90. The molecule has 1 aromatic heterocycles. The Morgan fingerprint density at radius 2 is 2.00 bits per heavy atom. The van der Waals surface area contributed by atoms with E-state index in [2.05, 4.69) is 27.0 Å². The minimum Gasteiger partial charge on any atom is -0.378 e.